The molecule has 1 unspecified atom stereocenters. The van der Waals surface area contributed by atoms with Crippen molar-refractivity contribution in [1.29, 1.82) is 0 Å². The van der Waals surface area contributed by atoms with Crippen molar-refractivity contribution >= 4 is 17.8 Å². The van der Waals surface area contributed by atoms with Crippen LogP contribution in [0.2, 0.25) is 0 Å². The second-order valence-corrected chi connectivity index (χ2v) is 2.38. The molecule has 86 valence electrons. The fraction of sp³-hybridized carbons (Fsp3) is 0.571. The van der Waals surface area contributed by atoms with Crippen LogP contribution < -0.4 is 11.2 Å². The zero-order valence-corrected chi connectivity index (χ0v) is 8.06. The van der Waals surface area contributed by atoms with Gasteiger partial charge in [-0.3, -0.25) is 9.63 Å². The van der Waals surface area contributed by atoms with Gasteiger partial charge in [0, 0.05) is 0 Å². The molecule has 4 N–H and O–H groups in total. The number of carboxylic acids is 1. The van der Waals surface area contributed by atoms with Gasteiger partial charge in [-0.05, 0) is 6.92 Å². The number of aliphatic carboxylic acids is 1. The molecule has 8 heteroatoms. The van der Waals surface area contributed by atoms with Crippen LogP contribution in [0, 0.1) is 0 Å². The van der Waals surface area contributed by atoms with E-state index in [0.717, 1.165) is 0 Å². The summed E-state index contributed by atoms with van der Waals surface area (Å²) in [6.45, 7) is 0.931. The van der Waals surface area contributed by atoms with E-state index in [1.54, 1.807) is 12.4 Å². The summed E-state index contributed by atoms with van der Waals surface area (Å²) in [4.78, 5) is 36.1. The first kappa shape index (κ1) is 13.3. The van der Waals surface area contributed by atoms with Crippen molar-refractivity contribution in [2.24, 2.45) is 5.73 Å². The normalized spacial score (nSPS) is 11.6. The number of rotatable bonds is 6. The lowest BCUT2D eigenvalue weighted by atomic mass is 10.3. The largest absolute Gasteiger partial charge is 0.479 e. The molecule has 1 atom stereocenters. The monoisotopic (exact) mass is 220 g/mol. The van der Waals surface area contributed by atoms with E-state index in [1.165, 1.54) is 0 Å². The van der Waals surface area contributed by atoms with E-state index in [2.05, 4.69) is 9.57 Å². The fourth-order valence-electron chi connectivity index (χ4n) is 0.572. The van der Waals surface area contributed by atoms with Crippen LogP contribution in [0.1, 0.15) is 6.92 Å². The summed E-state index contributed by atoms with van der Waals surface area (Å²) in [6.07, 6.45) is 0. The first-order valence-electron chi connectivity index (χ1n) is 4.04. The van der Waals surface area contributed by atoms with Crippen LogP contribution in [-0.2, 0) is 24.0 Å². The number of amides is 1. The zero-order chi connectivity index (χ0) is 11.8. The SMILES string of the molecule is CCOC(=O)C(N)C(=O)NOCC(=O)O. The molecule has 0 aliphatic carbocycles. The molecule has 0 bridgehead atoms. The number of esters is 1. The van der Waals surface area contributed by atoms with Crippen molar-refractivity contribution in [2.75, 3.05) is 13.2 Å². The number of hydrogen-bond donors (Lipinski definition) is 3. The maximum Gasteiger partial charge on any atom is 0.332 e. The Morgan fingerprint density at radius 2 is 2.07 bits per heavy atom. The van der Waals surface area contributed by atoms with Gasteiger partial charge >= 0.3 is 11.9 Å². The van der Waals surface area contributed by atoms with Crippen molar-refractivity contribution in [2.45, 2.75) is 13.0 Å². The molecule has 0 aromatic carbocycles. The van der Waals surface area contributed by atoms with E-state index in [4.69, 9.17) is 10.8 Å². The van der Waals surface area contributed by atoms with Gasteiger partial charge in [-0.2, -0.15) is 0 Å². The van der Waals surface area contributed by atoms with E-state index in [-0.39, 0.29) is 6.61 Å². The molecule has 0 radical (unpaired) electrons. The Morgan fingerprint density at radius 3 is 2.53 bits per heavy atom. The fourth-order valence-corrected chi connectivity index (χ4v) is 0.572. The highest BCUT2D eigenvalue weighted by molar-refractivity contribution is 6.01. The number of nitrogens with two attached hydrogens (primary N) is 1. The van der Waals surface area contributed by atoms with Gasteiger partial charge in [0.25, 0.3) is 5.91 Å². The van der Waals surface area contributed by atoms with Crippen LogP contribution in [-0.4, -0.2) is 42.2 Å². The highest BCUT2D eigenvalue weighted by Crippen LogP contribution is 1.86. The van der Waals surface area contributed by atoms with Gasteiger partial charge in [0.2, 0.25) is 0 Å². The van der Waals surface area contributed by atoms with E-state index in [1.807, 2.05) is 0 Å². The summed E-state index contributed by atoms with van der Waals surface area (Å²) in [7, 11) is 0. The smallest absolute Gasteiger partial charge is 0.332 e. The Hall–Kier alpha value is -1.67. The molecular weight excluding hydrogens is 208 g/mol. The maximum absolute atomic E-state index is 11.0. The van der Waals surface area contributed by atoms with Crippen LogP contribution >= 0.6 is 0 Å². The van der Waals surface area contributed by atoms with Gasteiger partial charge < -0.3 is 15.6 Å². The quantitative estimate of drug-likeness (QED) is 0.268. The predicted molar refractivity (Wildman–Crippen MR) is 46.3 cm³/mol. The number of carbonyl (C=O) groups excluding carboxylic acids is 2. The highest BCUT2D eigenvalue weighted by atomic mass is 16.7. The molecule has 0 saturated carbocycles. The van der Waals surface area contributed by atoms with E-state index >= 15 is 0 Å². The van der Waals surface area contributed by atoms with Crippen LogP contribution in [0.3, 0.4) is 0 Å². The highest BCUT2D eigenvalue weighted by Gasteiger charge is 2.23. The Morgan fingerprint density at radius 1 is 1.47 bits per heavy atom. The van der Waals surface area contributed by atoms with Crippen molar-refractivity contribution in [3.63, 3.8) is 0 Å². The number of hydroxylamine groups is 1. The molecular formula is C7H12N2O6. The summed E-state index contributed by atoms with van der Waals surface area (Å²) in [5.41, 5.74) is 6.86. The Kier molecular flexibility index (Phi) is 5.99. The molecule has 0 aromatic heterocycles. The summed E-state index contributed by atoms with van der Waals surface area (Å²) < 4.78 is 4.46. The van der Waals surface area contributed by atoms with E-state index in [0.29, 0.717) is 0 Å². The Labute approximate surface area is 85.3 Å². The number of nitrogens with one attached hydrogen (secondary N) is 1. The lowest BCUT2D eigenvalue weighted by Gasteiger charge is -2.09. The Bertz CT molecular complexity index is 254. The average molecular weight is 220 g/mol. The lowest BCUT2D eigenvalue weighted by molar-refractivity contribution is -0.154. The number of carboxylic acid groups (broad SMARTS) is 1. The summed E-state index contributed by atoms with van der Waals surface area (Å²) in [5.74, 6) is -3.14. The first-order chi connectivity index (χ1) is 6.99. The van der Waals surface area contributed by atoms with Gasteiger partial charge in [0.05, 0.1) is 6.61 Å². The van der Waals surface area contributed by atoms with Gasteiger partial charge in [-0.15, -0.1) is 0 Å². The summed E-state index contributed by atoms with van der Waals surface area (Å²) in [6, 6.07) is -1.53. The molecule has 0 aromatic rings. The van der Waals surface area contributed by atoms with Gasteiger partial charge in [0.1, 0.15) is 0 Å². The van der Waals surface area contributed by atoms with Crippen LogP contribution in [0.4, 0.5) is 0 Å². The van der Waals surface area contributed by atoms with Crippen molar-refractivity contribution < 1.29 is 29.1 Å². The molecule has 0 aliphatic heterocycles. The second kappa shape index (κ2) is 6.74. The minimum absolute atomic E-state index is 0.0931. The molecule has 0 saturated heterocycles. The molecule has 1 amide bonds. The number of carbonyl (C=O) groups is 3. The van der Waals surface area contributed by atoms with Crippen LogP contribution in [0.25, 0.3) is 0 Å². The molecule has 15 heavy (non-hydrogen) atoms. The minimum Gasteiger partial charge on any atom is -0.479 e. The minimum atomic E-state index is -1.53. The van der Waals surface area contributed by atoms with Gasteiger partial charge in [0.15, 0.2) is 12.6 Å². The van der Waals surface area contributed by atoms with E-state index < -0.39 is 30.5 Å². The van der Waals surface area contributed by atoms with Crippen molar-refractivity contribution in [1.82, 2.24) is 5.48 Å². The second-order valence-electron chi connectivity index (χ2n) is 2.38. The third-order valence-electron chi connectivity index (χ3n) is 1.19. The average Bonchev–Trinajstić information content (AvgIpc) is 2.16. The number of hydrogen-bond acceptors (Lipinski definition) is 6. The third-order valence-corrected chi connectivity index (χ3v) is 1.19. The molecule has 0 aliphatic rings. The third kappa shape index (κ3) is 5.60. The lowest BCUT2D eigenvalue weighted by Crippen LogP contribution is -2.47. The topological polar surface area (TPSA) is 128 Å². The first-order valence-corrected chi connectivity index (χ1v) is 4.04. The maximum atomic E-state index is 11.0. The van der Waals surface area contributed by atoms with Crippen molar-refractivity contribution in [3.8, 4) is 0 Å². The number of ether oxygens (including phenoxy) is 1. The van der Waals surface area contributed by atoms with Crippen LogP contribution in [0.5, 0.6) is 0 Å². The molecule has 0 heterocycles. The van der Waals surface area contributed by atoms with E-state index in [9.17, 15) is 14.4 Å². The van der Waals surface area contributed by atoms with Gasteiger partial charge in [-0.1, -0.05) is 0 Å². The predicted octanol–water partition coefficient (Wildman–Crippen LogP) is -1.99. The van der Waals surface area contributed by atoms with Gasteiger partial charge in [-0.25, -0.2) is 15.1 Å². The standard InChI is InChI=1S/C7H12N2O6/c1-2-14-7(13)5(8)6(12)9-15-3-4(10)11/h5H,2-3,8H2,1H3,(H,9,12)(H,10,11). The van der Waals surface area contributed by atoms with Crippen LogP contribution in [0.15, 0.2) is 0 Å². The summed E-state index contributed by atoms with van der Waals surface area (Å²) >= 11 is 0. The zero-order valence-electron chi connectivity index (χ0n) is 8.06. The Balaban J connectivity index is 3.88. The molecule has 0 spiro atoms. The molecule has 0 rings (SSSR count). The molecule has 0 fully saturated rings. The molecule has 8 nitrogen and oxygen atoms in total. The van der Waals surface area contributed by atoms with Crippen molar-refractivity contribution in [3.05, 3.63) is 0 Å². The summed E-state index contributed by atoms with van der Waals surface area (Å²) in [5, 5.41) is 8.16.